The maximum atomic E-state index is 11.9. The maximum Gasteiger partial charge on any atom is 0.410 e. The number of hydrogen-bond donors (Lipinski definition) is 1. The molecule has 1 unspecified atom stereocenters. The quantitative estimate of drug-likeness (QED) is 0.846. The third-order valence-electron chi connectivity index (χ3n) is 3.55. The van der Waals surface area contributed by atoms with Crippen molar-refractivity contribution in [2.75, 3.05) is 26.2 Å². The van der Waals surface area contributed by atoms with Crippen molar-refractivity contribution < 1.29 is 14.3 Å². The van der Waals surface area contributed by atoms with Crippen LogP contribution in [0.25, 0.3) is 0 Å². The van der Waals surface area contributed by atoms with Crippen molar-refractivity contribution in [1.29, 1.82) is 0 Å². The van der Waals surface area contributed by atoms with Crippen LogP contribution in [0, 0.1) is 0 Å². The van der Waals surface area contributed by atoms with Gasteiger partial charge in [-0.15, -0.1) is 0 Å². The first-order chi connectivity index (χ1) is 8.96. The molecule has 1 N–H and O–H groups in total. The number of rotatable bonds is 4. The Bertz CT molecular complexity index is 308. The van der Waals surface area contributed by atoms with Gasteiger partial charge in [0.15, 0.2) is 0 Å². The van der Waals surface area contributed by atoms with Crippen molar-refractivity contribution >= 4 is 6.09 Å². The summed E-state index contributed by atoms with van der Waals surface area (Å²) in [6, 6.07) is 0.274. The van der Waals surface area contributed by atoms with Crippen LogP contribution in [0.5, 0.6) is 0 Å². The first-order valence-electron chi connectivity index (χ1n) is 7.27. The fourth-order valence-corrected chi connectivity index (χ4v) is 2.43. The summed E-state index contributed by atoms with van der Waals surface area (Å²) in [5.74, 6) is 0. The van der Waals surface area contributed by atoms with Gasteiger partial charge in [-0.2, -0.15) is 0 Å². The lowest BCUT2D eigenvalue weighted by Gasteiger charge is -2.41. The first kappa shape index (κ1) is 14.6. The van der Waals surface area contributed by atoms with Crippen molar-refractivity contribution in [3.63, 3.8) is 0 Å². The second kappa shape index (κ2) is 6.09. The van der Waals surface area contributed by atoms with Gasteiger partial charge in [0.25, 0.3) is 0 Å². The highest BCUT2D eigenvalue weighted by Gasteiger charge is 2.34. The van der Waals surface area contributed by atoms with Crippen LogP contribution >= 0.6 is 0 Å². The molecule has 0 aromatic rings. The van der Waals surface area contributed by atoms with E-state index in [1.807, 2.05) is 25.7 Å². The van der Waals surface area contributed by atoms with Crippen molar-refractivity contribution in [2.24, 2.45) is 0 Å². The molecule has 0 aliphatic carbocycles. The number of hydrogen-bond acceptors (Lipinski definition) is 4. The molecular weight excluding hydrogens is 244 g/mol. The molecule has 0 saturated carbocycles. The number of nitrogens with zero attached hydrogens (tertiary/aromatic N) is 1. The molecule has 2 aliphatic heterocycles. The Morgan fingerprint density at radius 3 is 2.68 bits per heavy atom. The summed E-state index contributed by atoms with van der Waals surface area (Å²) in [6.45, 7) is 9.11. The van der Waals surface area contributed by atoms with Crippen LogP contribution in [-0.2, 0) is 9.47 Å². The molecule has 0 spiro atoms. The zero-order chi connectivity index (χ0) is 13.9. The van der Waals surface area contributed by atoms with E-state index in [-0.39, 0.29) is 12.1 Å². The molecule has 0 radical (unpaired) electrons. The van der Waals surface area contributed by atoms with Gasteiger partial charge in [-0.1, -0.05) is 0 Å². The molecule has 2 fully saturated rings. The molecule has 0 bridgehead atoms. The van der Waals surface area contributed by atoms with E-state index < -0.39 is 5.60 Å². The van der Waals surface area contributed by atoms with Crippen LogP contribution < -0.4 is 5.32 Å². The SMILES string of the molecule is CC(C)(C)OC(=O)N1CCC1CNC[C@H]1CCCO1. The van der Waals surface area contributed by atoms with E-state index >= 15 is 0 Å². The minimum Gasteiger partial charge on any atom is -0.444 e. The predicted octanol–water partition coefficient (Wildman–Crippen LogP) is 1.76. The van der Waals surface area contributed by atoms with E-state index in [9.17, 15) is 4.79 Å². The standard InChI is InChI=1S/C14H26N2O3/c1-14(2,3)19-13(17)16-7-6-11(16)9-15-10-12-5-4-8-18-12/h11-12,15H,4-10H2,1-3H3/t11?,12-/m1/s1. The van der Waals surface area contributed by atoms with Gasteiger partial charge < -0.3 is 19.7 Å². The lowest BCUT2D eigenvalue weighted by atomic mass is 10.0. The zero-order valence-electron chi connectivity index (χ0n) is 12.3. The van der Waals surface area contributed by atoms with E-state index in [1.165, 1.54) is 6.42 Å². The highest BCUT2D eigenvalue weighted by atomic mass is 16.6. The van der Waals surface area contributed by atoms with Gasteiger partial charge in [0.2, 0.25) is 0 Å². The Morgan fingerprint density at radius 1 is 1.37 bits per heavy atom. The van der Waals surface area contributed by atoms with Gasteiger partial charge in [-0.25, -0.2) is 4.79 Å². The predicted molar refractivity (Wildman–Crippen MR) is 73.2 cm³/mol. The minimum absolute atomic E-state index is 0.192. The topological polar surface area (TPSA) is 50.8 Å². The summed E-state index contributed by atoms with van der Waals surface area (Å²) in [4.78, 5) is 13.7. The Hall–Kier alpha value is -0.810. The average molecular weight is 270 g/mol. The smallest absolute Gasteiger partial charge is 0.410 e. The second-order valence-electron chi connectivity index (χ2n) is 6.41. The van der Waals surface area contributed by atoms with E-state index in [0.717, 1.165) is 39.1 Å². The van der Waals surface area contributed by atoms with Gasteiger partial charge in [0, 0.05) is 32.3 Å². The van der Waals surface area contributed by atoms with Crippen LogP contribution in [0.4, 0.5) is 4.79 Å². The normalized spacial score (nSPS) is 27.2. The largest absolute Gasteiger partial charge is 0.444 e. The minimum atomic E-state index is -0.414. The van der Waals surface area contributed by atoms with Gasteiger partial charge in [0.05, 0.1) is 6.10 Å². The van der Waals surface area contributed by atoms with Crippen molar-refractivity contribution in [3.8, 4) is 0 Å². The number of carbonyl (C=O) groups excluding carboxylic acids is 1. The van der Waals surface area contributed by atoms with E-state index in [4.69, 9.17) is 9.47 Å². The maximum absolute atomic E-state index is 11.9. The lowest BCUT2D eigenvalue weighted by Crippen LogP contribution is -2.56. The van der Waals surface area contributed by atoms with Crippen LogP contribution in [0.15, 0.2) is 0 Å². The number of carbonyl (C=O) groups is 1. The molecule has 0 aromatic heterocycles. The molecular formula is C14H26N2O3. The molecule has 1 amide bonds. The average Bonchev–Trinajstić information content (AvgIpc) is 2.72. The molecule has 0 aromatic carbocycles. The third kappa shape index (κ3) is 4.35. The first-order valence-corrected chi connectivity index (χ1v) is 7.27. The van der Waals surface area contributed by atoms with Crippen LogP contribution in [0.3, 0.4) is 0 Å². The number of nitrogens with one attached hydrogen (secondary N) is 1. The summed E-state index contributed by atoms with van der Waals surface area (Å²) in [5.41, 5.74) is -0.414. The molecule has 2 atom stereocenters. The Morgan fingerprint density at radius 2 is 2.16 bits per heavy atom. The monoisotopic (exact) mass is 270 g/mol. The Labute approximate surface area is 115 Å². The van der Waals surface area contributed by atoms with Crippen molar-refractivity contribution in [2.45, 2.75) is 57.8 Å². The zero-order valence-corrected chi connectivity index (χ0v) is 12.3. The van der Waals surface area contributed by atoms with E-state index in [2.05, 4.69) is 5.32 Å². The van der Waals surface area contributed by atoms with Crippen LogP contribution in [0.1, 0.15) is 40.0 Å². The van der Waals surface area contributed by atoms with Gasteiger partial charge in [0.1, 0.15) is 5.60 Å². The molecule has 2 rings (SSSR count). The number of likely N-dealkylation sites (tertiary alicyclic amines) is 1. The number of amides is 1. The fourth-order valence-electron chi connectivity index (χ4n) is 2.43. The molecule has 5 nitrogen and oxygen atoms in total. The third-order valence-corrected chi connectivity index (χ3v) is 3.55. The molecule has 19 heavy (non-hydrogen) atoms. The van der Waals surface area contributed by atoms with Gasteiger partial charge >= 0.3 is 6.09 Å². The van der Waals surface area contributed by atoms with Crippen LogP contribution in [-0.4, -0.2) is 55.0 Å². The fraction of sp³-hybridized carbons (Fsp3) is 0.929. The summed E-state index contributed by atoms with van der Waals surface area (Å²) in [5, 5.41) is 3.40. The van der Waals surface area contributed by atoms with E-state index in [1.54, 1.807) is 0 Å². The molecule has 110 valence electrons. The molecule has 2 aliphatic rings. The highest BCUT2D eigenvalue weighted by Crippen LogP contribution is 2.20. The molecule has 2 heterocycles. The van der Waals surface area contributed by atoms with Crippen molar-refractivity contribution in [3.05, 3.63) is 0 Å². The summed E-state index contributed by atoms with van der Waals surface area (Å²) in [6.07, 6.45) is 3.53. The Kier molecular flexibility index (Phi) is 4.68. The summed E-state index contributed by atoms with van der Waals surface area (Å²) in [7, 11) is 0. The van der Waals surface area contributed by atoms with Gasteiger partial charge in [-0.3, -0.25) is 0 Å². The lowest BCUT2D eigenvalue weighted by molar-refractivity contribution is -0.00541. The summed E-state index contributed by atoms with van der Waals surface area (Å²) >= 11 is 0. The number of ether oxygens (including phenoxy) is 2. The van der Waals surface area contributed by atoms with Gasteiger partial charge in [-0.05, 0) is 40.0 Å². The molecule has 5 heteroatoms. The Balaban J connectivity index is 1.65. The summed E-state index contributed by atoms with van der Waals surface area (Å²) < 4.78 is 10.9. The van der Waals surface area contributed by atoms with Crippen molar-refractivity contribution in [1.82, 2.24) is 10.2 Å². The molecule has 2 saturated heterocycles. The highest BCUT2D eigenvalue weighted by molar-refractivity contribution is 5.69. The van der Waals surface area contributed by atoms with Crippen LogP contribution in [0.2, 0.25) is 0 Å². The second-order valence-corrected chi connectivity index (χ2v) is 6.41. The van der Waals surface area contributed by atoms with E-state index in [0.29, 0.717) is 6.10 Å².